The van der Waals surface area contributed by atoms with Gasteiger partial charge in [0.2, 0.25) is 0 Å². The third-order valence-corrected chi connectivity index (χ3v) is 5.05. The van der Waals surface area contributed by atoms with Gasteiger partial charge in [-0.05, 0) is 42.0 Å². The van der Waals surface area contributed by atoms with Crippen LogP contribution < -0.4 is 0 Å². The number of benzene rings is 2. The predicted octanol–water partition coefficient (Wildman–Crippen LogP) is 4.62. The molecule has 0 bridgehead atoms. The maximum Gasteiger partial charge on any atom is 0.182 e. The Morgan fingerprint density at radius 2 is 1.42 bits per heavy atom. The van der Waals surface area contributed by atoms with Gasteiger partial charge in [-0.25, -0.2) is 8.42 Å². The van der Waals surface area contributed by atoms with Crippen molar-refractivity contribution in [2.45, 2.75) is 10.6 Å². The van der Waals surface area contributed by atoms with Crippen LogP contribution in [0.15, 0.2) is 47.4 Å². The van der Waals surface area contributed by atoms with Gasteiger partial charge < -0.3 is 0 Å². The molecule has 0 N–H and O–H groups in total. The van der Waals surface area contributed by atoms with Crippen molar-refractivity contribution in [1.29, 1.82) is 0 Å². The van der Waals surface area contributed by atoms with Gasteiger partial charge in [0, 0.05) is 15.1 Å². The lowest BCUT2D eigenvalue weighted by Crippen LogP contribution is -2.05. The molecule has 2 nitrogen and oxygen atoms in total. The summed E-state index contributed by atoms with van der Waals surface area (Å²) in [5, 5.41) is 1.30. The maximum absolute atomic E-state index is 12.2. The van der Waals surface area contributed by atoms with Crippen molar-refractivity contribution < 1.29 is 8.42 Å². The van der Waals surface area contributed by atoms with Crippen LogP contribution in [0.25, 0.3) is 0 Å². The Balaban J connectivity index is 2.33. The fourth-order valence-corrected chi connectivity index (χ4v) is 3.63. The molecule has 0 radical (unpaired) electrons. The van der Waals surface area contributed by atoms with Gasteiger partial charge in [-0.1, -0.05) is 40.9 Å². The van der Waals surface area contributed by atoms with E-state index in [0.29, 0.717) is 20.6 Å². The smallest absolute Gasteiger partial charge is 0.182 e. The molecule has 0 saturated carbocycles. The zero-order valence-electron chi connectivity index (χ0n) is 9.61. The summed E-state index contributed by atoms with van der Waals surface area (Å²) in [7, 11) is -3.45. The van der Waals surface area contributed by atoms with Crippen LogP contribution in [0.1, 0.15) is 5.56 Å². The minimum Gasteiger partial charge on any atom is -0.223 e. The minimum absolute atomic E-state index is 0.176. The number of hydrogen-bond acceptors (Lipinski definition) is 2. The molecule has 6 heteroatoms. The summed E-state index contributed by atoms with van der Waals surface area (Å²) in [6.07, 6.45) is 0. The number of hydrogen-bond donors (Lipinski definition) is 0. The molecule has 2 aromatic carbocycles. The lowest BCUT2D eigenvalue weighted by Gasteiger charge is -2.07. The van der Waals surface area contributed by atoms with Gasteiger partial charge in [-0.3, -0.25) is 0 Å². The zero-order valence-corrected chi connectivity index (χ0v) is 12.7. The molecule has 19 heavy (non-hydrogen) atoms. The van der Waals surface area contributed by atoms with Crippen LogP contribution in [0.5, 0.6) is 0 Å². The highest BCUT2D eigenvalue weighted by atomic mass is 35.5. The van der Waals surface area contributed by atoms with Crippen molar-refractivity contribution in [1.82, 2.24) is 0 Å². The highest BCUT2D eigenvalue weighted by molar-refractivity contribution is 7.90. The Kier molecular flexibility index (Phi) is 4.41. The van der Waals surface area contributed by atoms with Gasteiger partial charge in [0.15, 0.2) is 9.84 Å². The molecule has 0 heterocycles. The number of halogens is 3. The fraction of sp³-hybridized carbons (Fsp3) is 0.0769. The van der Waals surface area contributed by atoms with Crippen LogP contribution >= 0.6 is 34.8 Å². The first-order valence-electron chi connectivity index (χ1n) is 5.31. The molecule has 0 aliphatic carbocycles. The van der Waals surface area contributed by atoms with E-state index in [4.69, 9.17) is 34.8 Å². The van der Waals surface area contributed by atoms with E-state index < -0.39 is 9.84 Å². The molecule has 0 unspecified atom stereocenters. The first-order chi connectivity index (χ1) is 8.88. The summed E-state index contributed by atoms with van der Waals surface area (Å²) < 4.78 is 24.4. The third-order valence-electron chi connectivity index (χ3n) is 2.53. The highest BCUT2D eigenvalue weighted by Crippen LogP contribution is 2.25. The molecule has 0 fully saturated rings. The van der Waals surface area contributed by atoms with E-state index in [1.165, 1.54) is 30.3 Å². The average molecular weight is 336 g/mol. The van der Waals surface area contributed by atoms with E-state index in [-0.39, 0.29) is 10.6 Å². The van der Waals surface area contributed by atoms with E-state index in [1.807, 2.05) is 0 Å². The molecule has 0 atom stereocenters. The van der Waals surface area contributed by atoms with Crippen molar-refractivity contribution in [3.63, 3.8) is 0 Å². The van der Waals surface area contributed by atoms with Crippen LogP contribution in [0.4, 0.5) is 0 Å². The normalized spacial score (nSPS) is 11.5. The molecule has 0 aliphatic heterocycles. The summed E-state index contributed by atoms with van der Waals surface area (Å²) in [6.45, 7) is 0. The van der Waals surface area contributed by atoms with Gasteiger partial charge >= 0.3 is 0 Å². The Labute approximate surface area is 126 Å². The lowest BCUT2D eigenvalue weighted by molar-refractivity contribution is 0.595. The van der Waals surface area contributed by atoms with Crippen LogP contribution in [-0.4, -0.2) is 8.42 Å². The van der Waals surface area contributed by atoms with Gasteiger partial charge in [-0.15, -0.1) is 0 Å². The van der Waals surface area contributed by atoms with Crippen LogP contribution in [0, 0.1) is 0 Å². The van der Waals surface area contributed by atoms with E-state index in [9.17, 15) is 8.42 Å². The van der Waals surface area contributed by atoms with E-state index in [2.05, 4.69) is 0 Å². The molecular formula is C13H9Cl3O2S. The van der Waals surface area contributed by atoms with E-state index in [1.54, 1.807) is 12.1 Å². The van der Waals surface area contributed by atoms with Crippen LogP contribution in [0.3, 0.4) is 0 Å². The molecule has 2 aromatic rings. The minimum atomic E-state index is -3.45. The average Bonchev–Trinajstić information content (AvgIpc) is 2.33. The van der Waals surface area contributed by atoms with Crippen molar-refractivity contribution in [3.05, 3.63) is 63.1 Å². The molecule has 0 amide bonds. The predicted molar refractivity (Wildman–Crippen MR) is 78.8 cm³/mol. The molecular weight excluding hydrogens is 327 g/mol. The molecule has 0 aliphatic rings. The summed E-state index contributed by atoms with van der Waals surface area (Å²) in [5.41, 5.74) is 0.515. The summed E-state index contributed by atoms with van der Waals surface area (Å²) in [6, 6.07) is 10.8. The second-order valence-electron chi connectivity index (χ2n) is 3.95. The SMILES string of the molecule is O=S(=O)(Cc1ccc(Cl)cc1Cl)c1ccc(Cl)cc1. The first kappa shape index (κ1) is 14.7. The van der Waals surface area contributed by atoms with Gasteiger partial charge in [0.05, 0.1) is 10.6 Å². The van der Waals surface area contributed by atoms with Gasteiger partial charge in [-0.2, -0.15) is 0 Å². The van der Waals surface area contributed by atoms with Gasteiger partial charge in [0.25, 0.3) is 0 Å². The summed E-state index contributed by atoms with van der Waals surface area (Å²) in [4.78, 5) is 0.211. The molecule has 0 spiro atoms. The Hall–Kier alpha value is -0.740. The van der Waals surface area contributed by atoms with E-state index in [0.717, 1.165) is 0 Å². The largest absolute Gasteiger partial charge is 0.223 e. The van der Waals surface area contributed by atoms with Crippen molar-refractivity contribution in [2.75, 3.05) is 0 Å². The lowest BCUT2D eigenvalue weighted by atomic mass is 10.2. The van der Waals surface area contributed by atoms with Crippen molar-refractivity contribution >= 4 is 44.6 Å². The number of sulfone groups is 1. The topological polar surface area (TPSA) is 34.1 Å². The third kappa shape index (κ3) is 3.63. The van der Waals surface area contributed by atoms with Gasteiger partial charge in [0.1, 0.15) is 0 Å². The second kappa shape index (κ2) is 5.71. The van der Waals surface area contributed by atoms with Crippen LogP contribution in [-0.2, 0) is 15.6 Å². The maximum atomic E-state index is 12.2. The van der Waals surface area contributed by atoms with Crippen molar-refractivity contribution in [3.8, 4) is 0 Å². The monoisotopic (exact) mass is 334 g/mol. The Bertz CT molecular complexity index is 694. The Morgan fingerprint density at radius 1 is 0.842 bits per heavy atom. The van der Waals surface area contributed by atoms with Crippen molar-refractivity contribution in [2.24, 2.45) is 0 Å². The van der Waals surface area contributed by atoms with Crippen LogP contribution in [0.2, 0.25) is 15.1 Å². The fourth-order valence-electron chi connectivity index (χ4n) is 1.57. The zero-order chi connectivity index (χ0) is 14.0. The van der Waals surface area contributed by atoms with E-state index >= 15 is 0 Å². The molecule has 0 saturated heterocycles. The first-order valence-corrected chi connectivity index (χ1v) is 8.09. The summed E-state index contributed by atoms with van der Waals surface area (Å²) in [5.74, 6) is -0.176. The standard InChI is InChI=1S/C13H9Cl3O2S/c14-10-3-5-12(6-4-10)19(17,18)8-9-1-2-11(15)7-13(9)16/h1-7H,8H2. The molecule has 100 valence electrons. The molecule has 0 aromatic heterocycles. The molecule has 2 rings (SSSR count). The Morgan fingerprint density at radius 3 is 2.00 bits per heavy atom. The second-order valence-corrected chi connectivity index (χ2v) is 7.22. The quantitative estimate of drug-likeness (QED) is 0.820. The number of rotatable bonds is 3. The summed E-state index contributed by atoms with van der Waals surface area (Å²) >= 11 is 17.5. The highest BCUT2D eigenvalue weighted by Gasteiger charge is 2.17.